The van der Waals surface area contributed by atoms with Gasteiger partial charge in [0.1, 0.15) is 18.5 Å². The first-order valence-electron chi connectivity index (χ1n) is 13.8. The van der Waals surface area contributed by atoms with Gasteiger partial charge in [0, 0.05) is 45.4 Å². The second kappa shape index (κ2) is 14.1. The summed E-state index contributed by atoms with van der Waals surface area (Å²) in [4.78, 5) is 47.8. The van der Waals surface area contributed by atoms with Gasteiger partial charge in [-0.15, -0.1) is 5.10 Å². The maximum atomic E-state index is 13.7. The first kappa shape index (κ1) is 32.1. The number of nitrogens with one attached hydrogen (secondary N) is 1. The number of halogens is 1. The van der Waals surface area contributed by atoms with E-state index in [4.69, 9.17) is 28.4 Å². The SMILES string of the molecule is CC(=O)OC[C@H]1O[C@@H](Oc2n[nH]c(C)c2Cc2ccc(-c3cccc(F)c3)cc2)[C@H](OC(C)=O)[C@@H](OC(C)=O)[C@@H]1OC(C)=O. The standard InChI is InChI=1S/C31H33FN2O10/c1-16-25(13-21-9-11-22(12-10-21)23-7-6-8-24(32)14-23)30(34-33-16)44-31-29(42-20(5)38)28(41-19(4)37)27(40-18(3)36)26(43-31)15-39-17(2)35/h6-12,14,26-29,31H,13,15H2,1-5H3,(H,33,34)/t26-,27-,28+,29-,31+/m1/s1. The van der Waals surface area contributed by atoms with Crippen molar-refractivity contribution in [2.24, 2.45) is 0 Å². The van der Waals surface area contributed by atoms with E-state index in [1.54, 1.807) is 13.0 Å². The third kappa shape index (κ3) is 8.19. The fraction of sp³-hybridized carbons (Fsp3) is 0.387. The quantitative estimate of drug-likeness (QED) is 0.264. The zero-order valence-corrected chi connectivity index (χ0v) is 24.8. The van der Waals surface area contributed by atoms with Crippen LogP contribution in [-0.2, 0) is 49.3 Å². The van der Waals surface area contributed by atoms with E-state index >= 15 is 0 Å². The van der Waals surface area contributed by atoms with Gasteiger partial charge in [-0.3, -0.25) is 24.3 Å². The highest BCUT2D eigenvalue weighted by Gasteiger charge is 2.53. The number of rotatable bonds is 10. The molecule has 13 heteroatoms. The van der Waals surface area contributed by atoms with Crippen LogP contribution in [0.2, 0.25) is 0 Å². The number of carbonyl (C=O) groups is 4. The number of ether oxygens (including phenoxy) is 6. The predicted octanol–water partition coefficient (Wildman–Crippen LogP) is 3.58. The number of nitrogens with zero attached hydrogens (tertiary/aromatic N) is 1. The maximum absolute atomic E-state index is 13.7. The van der Waals surface area contributed by atoms with Gasteiger partial charge in [0.25, 0.3) is 0 Å². The highest BCUT2D eigenvalue weighted by Crippen LogP contribution is 2.33. The Bertz CT molecular complexity index is 1510. The molecule has 1 aromatic heterocycles. The Balaban J connectivity index is 1.63. The van der Waals surface area contributed by atoms with Crippen molar-refractivity contribution in [2.45, 2.75) is 71.7 Å². The molecule has 0 radical (unpaired) electrons. The van der Waals surface area contributed by atoms with Crippen LogP contribution in [0.5, 0.6) is 5.88 Å². The van der Waals surface area contributed by atoms with E-state index in [9.17, 15) is 23.6 Å². The number of hydrogen-bond acceptors (Lipinski definition) is 11. The van der Waals surface area contributed by atoms with Gasteiger partial charge in [-0.2, -0.15) is 0 Å². The Hall–Kier alpha value is -4.78. The number of aromatic amines is 1. The van der Waals surface area contributed by atoms with Crippen LogP contribution in [0.25, 0.3) is 11.1 Å². The molecule has 0 saturated carbocycles. The maximum Gasteiger partial charge on any atom is 0.303 e. The first-order chi connectivity index (χ1) is 20.9. The molecule has 44 heavy (non-hydrogen) atoms. The molecule has 5 atom stereocenters. The lowest BCUT2D eigenvalue weighted by Crippen LogP contribution is -2.63. The van der Waals surface area contributed by atoms with E-state index in [1.807, 2.05) is 30.3 Å². The minimum atomic E-state index is -1.42. The Morgan fingerprint density at radius 2 is 1.48 bits per heavy atom. The molecule has 12 nitrogen and oxygen atoms in total. The summed E-state index contributed by atoms with van der Waals surface area (Å²) < 4.78 is 47.3. The van der Waals surface area contributed by atoms with Crippen LogP contribution >= 0.6 is 0 Å². The number of hydrogen-bond donors (Lipinski definition) is 1. The molecule has 1 aliphatic rings. The van der Waals surface area contributed by atoms with Crippen LogP contribution in [0.1, 0.15) is 44.5 Å². The van der Waals surface area contributed by atoms with Crippen LogP contribution in [0.3, 0.4) is 0 Å². The average Bonchev–Trinajstić information content (AvgIpc) is 3.28. The number of H-pyrrole nitrogens is 1. The van der Waals surface area contributed by atoms with Crippen LogP contribution in [-0.4, -0.2) is 71.4 Å². The molecule has 234 valence electrons. The molecule has 1 fully saturated rings. The average molecular weight is 613 g/mol. The van der Waals surface area contributed by atoms with Gasteiger partial charge in [-0.05, 0) is 35.7 Å². The molecule has 0 amide bonds. The summed E-state index contributed by atoms with van der Waals surface area (Å²) in [6.07, 6.45) is -6.30. The van der Waals surface area contributed by atoms with Crippen molar-refractivity contribution in [1.82, 2.24) is 10.2 Å². The molecule has 0 aliphatic carbocycles. The fourth-order valence-corrected chi connectivity index (χ4v) is 4.82. The van der Waals surface area contributed by atoms with Crippen LogP contribution in [0.15, 0.2) is 48.5 Å². The zero-order valence-electron chi connectivity index (χ0n) is 24.8. The largest absolute Gasteiger partial charge is 0.463 e. The van der Waals surface area contributed by atoms with E-state index in [2.05, 4.69) is 10.2 Å². The van der Waals surface area contributed by atoms with Crippen molar-refractivity contribution in [3.63, 3.8) is 0 Å². The Labute approximate surface area is 252 Å². The van der Waals surface area contributed by atoms with Gasteiger partial charge in [-0.1, -0.05) is 36.4 Å². The smallest absolute Gasteiger partial charge is 0.303 e. The molecule has 3 aromatic rings. The first-order valence-corrected chi connectivity index (χ1v) is 13.8. The Morgan fingerprint density at radius 3 is 2.09 bits per heavy atom. The summed E-state index contributed by atoms with van der Waals surface area (Å²) in [6.45, 7) is 6.01. The summed E-state index contributed by atoms with van der Waals surface area (Å²) in [5.41, 5.74) is 3.80. The minimum Gasteiger partial charge on any atom is -0.463 e. The van der Waals surface area contributed by atoms with Crippen LogP contribution in [0.4, 0.5) is 4.39 Å². The van der Waals surface area contributed by atoms with E-state index in [1.165, 1.54) is 19.1 Å². The monoisotopic (exact) mass is 612 g/mol. The molecule has 1 N–H and O–H groups in total. The van der Waals surface area contributed by atoms with E-state index in [-0.39, 0.29) is 18.3 Å². The predicted molar refractivity (Wildman–Crippen MR) is 151 cm³/mol. The van der Waals surface area contributed by atoms with Crippen molar-refractivity contribution in [1.29, 1.82) is 0 Å². The number of aryl methyl sites for hydroxylation is 1. The Morgan fingerprint density at radius 1 is 0.841 bits per heavy atom. The van der Waals surface area contributed by atoms with Crippen LogP contribution < -0.4 is 4.74 Å². The summed E-state index contributed by atoms with van der Waals surface area (Å²) in [7, 11) is 0. The normalized spacial score (nSPS) is 21.2. The molecular formula is C31H33FN2O10. The van der Waals surface area contributed by atoms with E-state index < -0.39 is 54.6 Å². The molecule has 1 aliphatic heterocycles. The molecule has 1 saturated heterocycles. The number of carbonyl (C=O) groups excluding carboxylic acids is 4. The van der Waals surface area contributed by atoms with Gasteiger partial charge in [0.2, 0.25) is 18.3 Å². The topological polar surface area (TPSA) is 152 Å². The van der Waals surface area contributed by atoms with E-state index in [0.29, 0.717) is 17.7 Å². The Kier molecular flexibility index (Phi) is 10.3. The van der Waals surface area contributed by atoms with E-state index in [0.717, 1.165) is 37.5 Å². The lowest BCUT2D eigenvalue weighted by atomic mass is 9.98. The third-order valence-electron chi connectivity index (χ3n) is 6.70. The van der Waals surface area contributed by atoms with Crippen molar-refractivity contribution >= 4 is 23.9 Å². The molecular weight excluding hydrogens is 579 g/mol. The summed E-state index contributed by atoms with van der Waals surface area (Å²) >= 11 is 0. The highest BCUT2D eigenvalue weighted by atomic mass is 19.1. The zero-order chi connectivity index (χ0) is 32.0. The fourth-order valence-electron chi connectivity index (χ4n) is 4.82. The van der Waals surface area contributed by atoms with Crippen molar-refractivity contribution in [2.75, 3.05) is 6.61 Å². The lowest BCUT2D eigenvalue weighted by molar-refractivity contribution is -0.289. The van der Waals surface area contributed by atoms with Gasteiger partial charge in [0.15, 0.2) is 12.2 Å². The second-order valence-electron chi connectivity index (χ2n) is 10.2. The number of esters is 4. The molecule has 4 rings (SSSR count). The molecule has 2 heterocycles. The summed E-state index contributed by atoms with van der Waals surface area (Å²) in [6, 6.07) is 13.8. The summed E-state index contributed by atoms with van der Waals surface area (Å²) in [5, 5.41) is 7.13. The highest BCUT2D eigenvalue weighted by molar-refractivity contribution is 5.69. The molecule has 2 aromatic carbocycles. The number of aromatic nitrogens is 2. The number of benzene rings is 2. The third-order valence-corrected chi connectivity index (χ3v) is 6.70. The molecule has 0 spiro atoms. The van der Waals surface area contributed by atoms with Gasteiger partial charge >= 0.3 is 23.9 Å². The molecule has 0 bridgehead atoms. The van der Waals surface area contributed by atoms with Gasteiger partial charge in [-0.25, -0.2) is 4.39 Å². The van der Waals surface area contributed by atoms with Crippen LogP contribution in [0, 0.1) is 12.7 Å². The van der Waals surface area contributed by atoms with Gasteiger partial charge in [0.05, 0.1) is 0 Å². The van der Waals surface area contributed by atoms with Crippen molar-refractivity contribution in [3.8, 4) is 17.0 Å². The molecule has 0 unspecified atom stereocenters. The van der Waals surface area contributed by atoms with Gasteiger partial charge < -0.3 is 28.4 Å². The van der Waals surface area contributed by atoms with Crippen molar-refractivity contribution < 1.29 is 52.0 Å². The second-order valence-corrected chi connectivity index (χ2v) is 10.2. The lowest BCUT2D eigenvalue weighted by Gasteiger charge is -2.43. The van der Waals surface area contributed by atoms with Crippen molar-refractivity contribution in [3.05, 3.63) is 71.2 Å². The minimum absolute atomic E-state index is 0.109. The summed E-state index contributed by atoms with van der Waals surface area (Å²) in [5.74, 6) is -3.09.